The van der Waals surface area contributed by atoms with E-state index in [1.807, 2.05) is 0 Å². The van der Waals surface area contributed by atoms with E-state index in [4.69, 9.17) is 5.73 Å². The first kappa shape index (κ1) is 21.1. The SMILES string of the molecule is NC(=O)CCc1c(-c2ccc(F)cc2)[nH]c2c(F)cc(F)cc12.O=C1CCC(=O)N1. The second kappa shape index (κ2) is 8.81. The van der Waals surface area contributed by atoms with Crippen LogP contribution in [0.4, 0.5) is 13.2 Å². The Bertz CT molecular complexity index is 1110. The van der Waals surface area contributed by atoms with Crippen molar-refractivity contribution in [3.63, 3.8) is 0 Å². The molecule has 0 aliphatic carbocycles. The fourth-order valence-corrected chi connectivity index (χ4v) is 3.15. The molecule has 0 bridgehead atoms. The number of carbonyl (C=O) groups is 3. The van der Waals surface area contributed by atoms with Gasteiger partial charge in [0.25, 0.3) is 0 Å². The number of amides is 3. The van der Waals surface area contributed by atoms with E-state index in [-0.39, 0.29) is 30.2 Å². The number of hydrogen-bond donors (Lipinski definition) is 3. The number of aryl methyl sites for hydroxylation is 1. The third kappa shape index (κ3) is 4.86. The molecule has 4 rings (SSSR count). The van der Waals surface area contributed by atoms with Gasteiger partial charge in [-0.05, 0) is 47.9 Å². The summed E-state index contributed by atoms with van der Waals surface area (Å²) >= 11 is 0. The van der Waals surface area contributed by atoms with Crippen LogP contribution in [0.5, 0.6) is 0 Å². The average Bonchev–Trinajstić information content (AvgIpc) is 3.23. The van der Waals surface area contributed by atoms with Crippen molar-refractivity contribution in [3.8, 4) is 11.3 Å². The molecular weight excluding hydrogens is 399 g/mol. The van der Waals surface area contributed by atoms with Crippen LogP contribution in [0, 0.1) is 17.5 Å². The Labute approximate surface area is 169 Å². The number of halogens is 3. The number of aromatic nitrogens is 1. The van der Waals surface area contributed by atoms with Crippen LogP contribution in [-0.4, -0.2) is 22.7 Å². The van der Waals surface area contributed by atoms with Crippen LogP contribution in [0.3, 0.4) is 0 Å². The fourth-order valence-electron chi connectivity index (χ4n) is 3.15. The van der Waals surface area contributed by atoms with Gasteiger partial charge in [-0.2, -0.15) is 0 Å². The summed E-state index contributed by atoms with van der Waals surface area (Å²) in [5.74, 6) is -2.65. The molecule has 6 nitrogen and oxygen atoms in total. The molecule has 30 heavy (non-hydrogen) atoms. The number of H-pyrrole nitrogens is 1. The highest BCUT2D eigenvalue weighted by atomic mass is 19.1. The molecule has 1 fully saturated rings. The monoisotopic (exact) mass is 417 g/mol. The second-order valence-corrected chi connectivity index (χ2v) is 6.73. The summed E-state index contributed by atoms with van der Waals surface area (Å²) < 4.78 is 40.6. The molecule has 1 aliphatic heterocycles. The Morgan fingerprint density at radius 1 is 0.967 bits per heavy atom. The lowest BCUT2D eigenvalue weighted by Crippen LogP contribution is -2.18. The molecule has 0 unspecified atom stereocenters. The molecule has 1 aliphatic rings. The third-order valence-electron chi connectivity index (χ3n) is 4.54. The molecule has 1 aromatic heterocycles. The molecule has 1 saturated heterocycles. The van der Waals surface area contributed by atoms with Crippen molar-refractivity contribution in [2.45, 2.75) is 25.7 Å². The largest absolute Gasteiger partial charge is 0.370 e. The summed E-state index contributed by atoms with van der Waals surface area (Å²) in [6.07, 6.45) is 1.02. The van der Waals surface area contributed by atoms with Gasteiger partial charge in [0, 0.05) is 36.4 Å². The quantitative estimate of drug-likeness (QED) is 0.568. The summed E-state index contributed by atoms with van der Waals surface area (Å²) in [7, 11) is 0. The molecule has 156 valence electrons. The average molecular weight is 417 g/mol. The zero-order valence-corrected chi connectivity index (χ0v) is 15.7. The number of hydrogen-bond acceptors (Lipinski definition) is 3. The summed E-state index contributed by atoms with van der Waals surface area (Å²) in [5.41, 5.74) is 7.02. The number of aromatic amines is 1. The molecule has 3 amide bonds. The van der Waals surface area contributed by atoms with E-state index in [1.165, 1.54) is 30.3 Å². The highest BCUT2D eigenvalue weighted by Crippen LogP contribution is 2.33. The molecule has 4 N–H and O–H groups in total. The molecule has 0 atom stereocenters. The van der Waals surface area contributed by atoms with Crippen LogP contribution >= 0.6 is 0 Å². The number of primary amides is 1. The van der Waals surface area contributed by atoms with Gasteiger partial charge >= 0.3 is 0 Å². The van der Waals surface area contributed by atoms with Gasteiger partial charge in [-0.1, -0.05) is 0 Å². The van der Waals surface area contributed by atoms with E-state index in [2.05, 4.69) is 10.3 Å². The van der Waals surface area contributed by atoms with Gasteiger partial charge in [-0.3, -0.25) is 19.7 Å². The van der Waals surface area contributed by atoms with E-state index in [1.54, 1.807) is 0 Å². The fraction of sp³-hybridized carbons (Fsp3) is 0.190. The zero-order chi connectivity index (χ0) is 21.8. The first-order valence-corrected chi connectivity index (χ1v) is 9.11. The Morgan fingerprint density at radius 2 is 1.60 bits per heavy atom. The van der Waals surface area contributed by atoms with Gasteiger partial charge < -0.3 is 10.7 Å². The third-order valence-corrected chi connectivity index (χ3v) is 4.54. The number of rotatable bonds is 4. The van der Waals surface area contributed by atoms with Crippen molar-refractivity contribution in [1.82, 2.24) is 10.3 Å². The lowest BCUT2D eigenvalue weighted by Gasteiger charge is -2.04. The number of nitrogens with one attached hydrogen (secondary N) is 2. The first-order valence-electron chi connectivity index (χ1n) is 9.11. The van der Waals surface area contributed by atoms with Crippen LogP contribution in [0.25, 0.3) is 22.2 Å². The van der Waals surface area contributed by atoms with E-state index >= 15 is 0 Å². The van der Waals surface area contributed by atoms with Crippen LogP contribution in [-0.2, 0) is 20.8 Å². The van der Waals surface area contributed by atoms with Crippen molar-refractivity contribution in [2.24, 2.45) is 5.73 Å². The standard InChI is InChI=1S/C17H13F3N2O.C4H5NO2/c18-10-3-1-9(2-4-10)16-12(5-6-15(21)23)13-7-11(19)8-14(20)17(13)22-16;6-3-1-2-4(7)5-3/h1-4,7-8,22H,5-6H2,(H2,21,23);1-2H2,(H,5,6,7). The molecule has 2 aromatic carbocycles. The normalized spacial score (nSPS) is 13.2. The minimum atomic E-state index is -0.728. The minimum absolute atomic E-state index is 0.0410. The maximum Gasteiger partial charge on any atom is 0.227 e. The Kier molecular flexibility index (Phi) is 6.20. The van der Waals surface area contributed by atoms with Gasteiger partial charge in [0.05, 0.1) is 5.52 Å². The maximum atomic E-state index is 14.0. The first-order chi connectivity index (χ1) is 14.2. The lowest BCUT2D eigenvalue weighted by atomic mass is 10.0. The van der Waals surface area contributed by atoms with E-state index in [0.717, 1.165) is 6.07 Å². The molecule has 0 spiro atoms. The topological polar surface area (TPSA) is 105 Å². The van der Waals surface area contributed by atoms with Crippen LogP contribution in [0.1, 0.15) is 24.8 Å². The molecule has 9 heteroatoms. The zero-order valence-electron chi connectivity index (χ0n) is 15.7. The van der Waals surface area contributed by atoms with E-state index in [0.29, 0.717) is 35.0 Å². The van der Waals surface area contributed by atoms with Crippen molar-refractivity contribution >= 4 is 28.6 Å². The van der Waals surface area contributed by atoms with Crippen LogP contribution < -0.4 is 11.1 Å². The Balaban J connectivity index is 0.000000310. The van der Waals surface area contributed by atoms with Gasteiger partial charge in [0.15, 0.2) is 0 Å². The molecular formula is C21H18F3N3O3. The Morgan fingerprint density at radius 3 is 2.13 bits per heavy atom. The lowest BCUT2D eigenvalue weighted by molar-refractivity contribution is -0.125. The van der Waals surface area contributed by atoms with Crippen molar-refractivity contribution in [3.05, 3.63) is 59.4 Å². The number of benzene rings is 2. The summed E-state index contributed by atoms with van der Waals surface area (Å²) in [4.78, 5) is 34.2. The van der Waals surface area contributed by atoms with E-state index in [9.17, 15) is 27.6 Å². The highest BCUT2D eigenvalue weighted by molar-refractivity contribution is 6.01. The van der Waals surface area contributed by atoms with Gasteiger partial charge in [-0.25, -0.2) is 13.2 Å². The predicted molar refractivity (Wildman–Crippen MR) is 104 cm³/mol. The number of carbonyl (C=O) groups excluding carboxylic acids is 3. The summed E-state index contributed by atoms with van der Waals surface area (Å²) in [6, 6.07) is 7.60. The Hall–Kier alpha value is -3.62. The van der Waals surface area contributed by atoms with Crippen LogP contribution in [0.2, 0.25) is 0 Å². The van der Waals surface area contributed by atoms with Crippen molar-refractivity contribution in [2.75, 3.05) is 0 Å². The predicted octanol–water partition coefficient (Wildman–Crippen LogP) is 3.09. The molecule has 3 aromatic rings. The number of nitrogens with two attached hydrogens (primary N) is 1. The van der Waals surface area contributed by atoms with Crippen molar-refractivity contribution < 1.29 is 27.6 Å². The van der Waals surface area contributed by atoms with Crippen molar-refractivity contribution in [1.29, 1.82) is 0 Å². The molecule has 0 radical (unpaired) electrons. The maximum absolute atomic E-state index is 14.0. The van der Waals surface area contributed by atoms with Crippen LogP contribution in [0.15, 0.2) is 36.4 Å². The number of fused-ring (bicyclic) bond motifs is 1. The van der Waals surface area contributed by atoms with Gasteiger partial charge in [0.2, 0.25) is 17.7 Å². The number of imide groups is 1. The summed E-state index contributed by atoms with van der Waals surface area (Å²) in [5, 5.41) is 2.49. The minimum Gasteiger partial charge on any atom is -0.370 e. The molecule has 0 saturated carbocycles. The van der Waals surface area contributed by atoms with Gasteiger partial charge in [0.1, 0.15) is 17.5 Å². The second-order valence-electron chi connectivity index (χ2n) is 6.73. The smallest absolute Gasteiger partial charge is 0.227 e. The molecule has 2 heterocycles. The summed E-state index contributed by atoms with van der Waals surface area (Å²) in [6.45, 7) is 0. The van der Waals surface area contributed by atoms with Gasteiger partial charge in [-0.15, -0.1) is 0 Å². The highest BCUT2D eigenvalue weighted by Gasteiger charge is 2.18. The van der Waals surface area contributed by atoms with E-state index < -0.39 is 23.4 Å².